The third kappa shape index (κ3) is 6.70. The lowest BCUT2D eigenvalue weighted by atomic mass is 10.1. The summed E-state index contributed by atoms with van der Waals surface area (Å²) in [6.07, 6.45) is 0. The average molecular weight is 418 g/mol. The largest absolute Gasteiger partial charge is 0.346 e. The van der Waals surface area contributed by atoms with E-state index in [2.05, 4.69) is 20.9 Å². The maximum absolute atomic E-state index is 12.2. The predicted molar refractivity (Wildman–Crippen MR) is 106 cm³/mol. The summed E-state index contributed by atoms with van der Waals surface area (Å²) in [5.41, 5.74) is 6.48. The summed E-state index contributed by atoms with van der Waals surface area (Å²) in [5.74, 6) is -1.87. The molecule has 9 nitrogen and oxygen atoms in total. The SMILES string of the molecule is Cc1ccc(S(=O)(=O)NCC(=O)NCC(=O)NNC(=O)c2ccccc2)cc1C. The number of hydrogen-bond acceptors (Lipinski definition) is 5. The normalized spacial score (nSPS) is 10.8. The molecule has 2 rings (SSSR count). The first-order valence-electron chi connectivity index (χ1n) is 8.67. The highest BCUT2D eigenvalue weighted by Crippen LogP contribution is 2.14. The van der Waals surface area contributed by atoms with Gasteiger partial charge in [-0.05, 0) is 49.2 Å². The van der Waals surface area contributed by atoms with Gasteiger partial charge in [0.2, 0.25) is 15.9 Å². The first-order valence-corrected chi connectivity index (χ1v) is 10.2. The summed E-state index contributed by atoms with van der Waals surface area (Å²) < 4.78 is 26.6. The molecule has 0 aliphatic heterocycles. The van der Waals surface area contributed by atoms with E-state index in [9.17, 15) is 22.8 Å². The fourth-order valence-corrected chi connectivity index (χ4v) is 3.27. The third-order valence-corrected chi connectivity index (χ3v) is 5.41. The Labute approximate surface area is 168 Å². The van der Waals surface area contributed by atoms with Gasteiger partial charge in [-0.2, -0.15) is 0 Å². The van der Waals surface area contributed by atoms with E-state index in [1.54, 1.807) is 43.3 Å². The summed E-state index contributed by atoms with van der Waals surface area (Å²) >= 11 is 0. The number of rotatable bonds is 7. The van der Waals surface area contributed by atoms with Crippen LogP contribution in [0.3, 0.4) is 0 Å². The van der Waals surface area contributed by atoms with Crippen molar-refractivity contribution in [2.24, 2.45) is 0 Å². The molecule has 0 saturated heterocycles. The van der Waals surface area contributed by atoms with Crippen molar-refractivity contribution in [1.82, 2.24) is 20.9 Å². The van der Waals surface area contributed by atoms with Crippen molar-refractivity contribution < 1.29 is 22.8 Å². The van der Waals surface area contributed by atoms with Crippen LogP contribution in [0, 0.1) is 13.8 Å². The predicted octanol–water partition coefficient (Wildman–Crippen LogP) is 0.159. The lowest BCUT2D eigenvalue weighted by molar-refractivity contribution is -0.125. The minimum absolute atomic E-state index is 0.0507. The molecule has 0 spiro atoms. The van der Waals surface area contributed by atoms with Gasteiger partial charge in [-0.3, -0.25) is 25.2 Å². The van der Waals surface area contributed by atoms with E-state index in [4.69, 9.17) is 0 Å². The van der Waals surface area contributed by atoms with Crippen molar-refractivity contribution in [2.75, 3.05) is 13.1 Å². The van der Waals surface area contributed by atoms with Gasteiger partial charge in [0.1, 0.15) is 0 Å². The minimum Gasteiger partial charge on any atom is -0.346 e. The molecule has 0 radical (unpaired) electrons. The summed E-state index contributed by atoms with van der Waals surface area (Å²) in [4.78, 5) is 35.3. The summed E-state index contributed by atoms with van der Waals surface area (Å²) in [7, 11) is -3.85. The second-order valence-electron chi connectivity index (χ2n) is 6.22. The van der Waals surface area contributed by atoms with Crippen molar-refractivity contribution in [1.29, 1.82) is 0 Å². The molecule has 154 valence electrons. The number of hydrogen-bond donors (Lipinski definition) is 4. The molecule has 0 bridgehead atoms. The number of amides is 3. The van der Waals surface area contributed by atoms with Crippen LogP contribution in [0.5, 0.6) is 0 Å². The Balaban J connectivity index is 1.75. The molecule has 0 aromatic heterocycles. The second kappa shape index (κ2) is 9.80. The van der Waals surface area contributed by atoms with E-state index in [0.29, 0.717) is 5.56 Å². The van der Waals surface area contributed by atoms with Crippen molar-refractivity contribution in [3.05, 3.63) is 65.2 Å². The molecule has 3 amide bonds. The molecule has 0 saturated carbocycles. The van der Waals surface area contributed by atoms with Crippen LogP contribution >= 0.6 is 0 Å². The highest BCUT2D eigenvalue weighted by Gasteiger charge is 2.16. The van der Waals surface area contributed by atoms with Gasteiger partial charge in [-0.25, -0.2) is 13.1 Å². The van der Waals surface area contributed by atoms with Gasteiger partial charge in [0.25, 0.3) is 11.8 Å². The summed E-state index contributed by atoms with van der Waals surface area (Å²) in [6.45, 7) is 2.69. The zero-order valence-corrected chi connectivity index (χ0v) is 16.8. The van der Waals surface area contributed by atoms with Crippen LogP contribution in [0.15, 0.2) is 53.4 Å². The number of carbonyl (C=O) groups excluding carboxylic acids is 3. The lowest BCUT2D eigenvalue weighted by Crippen LogP contribution is -2.47. The standard InChI is InChI=1S/C19H22N4O5S/c1-13-8-9-16(10-14(13)2)29(27,28)21-12-17(24)20-11-18(25)22-23-19(26)15-6-4-3-5-7-15/h3-10,21H,11-12H2,1-2H3,(H,20,24)(H,22,25)(H,23,26). The van der Waals surface area contributed by atoms with E-state index in [1.165, 1.54) is 12.1 Å². The zero-order valence-electron chi connectivity index (χ0n) is 16.0. The number of benzene rings is 2. The molecule has 10 heteroatoms. The Morgan fingerprint density at radius 1 is 0.828 bits per heavy atom. The topological polar surface area (TPSA) is 133 Å². The van der Waals surface area contributed by atoms with Crippen molar-refractivity contribution in [3.63, 3.8) is 0 Å². The fraction of sp³-hybridized carbons (Fsp3) is 0.211. The summed E-state index contributed by atoms with van der Waals surface area (Å²) in [5, 5.41) is 2.26. The Morgan fingerprint density at radius 2 is 1.52 bits per heavy atom. The molecule has 0 unspecified atom stereocenters. The van der Waals surface area contributed by atoms with Crippen LogP contribution in [0.2, 0.25) is 0 Å². The third-order valence-electron chi connectivity index (χ3n) is 4.01. The van der Waals surface area contributed by atoms with Gasteiger partial charge in [-0.15, -0.1) is 0 Å². The highest BCUT2D eigenvalue weighted by atomic mass is 32.2. The van der Waals surface area contributed by atoms with Crippen LogP contribution < -0.4 is 20.9 Å². The second-order valence-corrected chi connectivity index (χ2v) is 7.98. The van der Waals surface area contributed by atoms with Crippen LogP contribution in [-0.4, -0.2) is 39.2 Å². The van der Waals surface area contributed by atoms with Gasteiger partial charge < -0.3 is 5.32 Å². The van der Waals surface area contributed by atoms with E-state index in [1.807, 2.05) is 6.92 Å². The van der Waals surface area contributed by atoms with Gasteiger partial charge in [-0.1, -0.05) is 24.3 Å². The Kier molecular flexibility index (Phi) is 7.46. The molecule has 4 N–H and O–H groups in total. The van der Waals surface area contributed by atoms with E-state index < -0.39 is 40.8 Å². The van der Waals surface area contributed by atoms with Crippen LogP contribution in [0.25, 0.3) is 0 Å². The Hall–Kier alpha value is -3.24. The number of nitrogens with one attached hydrogen (secondary N) is 4. The molecular formula is C19H22N4O5S. The number of hydrazine groups is 1. The quantitative estimate of drug-likeness (QED) is 0.475. The molecule has 0 aliphatic rings. The Morgan fingerprint density at radius 3 is 2.17 bits per heavy atom. The van der Waals surface area contributed by atoms with Crippen LogP contribution in [0.1, 0.15) is 21.5 Å². The molecule has 2 aromatic carbocycles. The Bertz CT molecular complexity index is 1010. The molecule has 2 aromatic rings. The molecule has 29 heavy (non-hydrogen) atoms. The zero-order chi connectivity index (χ0) is 21.4. The molecule has 0 fully saturated rings. The van der Waals surface area contributed by atoms with Gasteiger partial charge >= 0.3 is 0 Å². The van der Waals surface area contributed by atoms with Crippen LogP contribution in [0.4, 0.5) is 0 Å². The fourth-order valence-electron chi connectivity index (χ4n) is 2.20. The van der Waals surface area contributed by atoms with E-state index in [0.717, 1.165) is 11.1 Å². The number of aryl methyl sites for hydroxylation is 2. The number of sulfonamides is 1. The maximum atomic E-state index is 12.2. The molecule has 0 heterocycles. The van der Waals surface area contributed by atoms with Crippen molar-refractivity contribution >= 4 is 27.7 Å². The van der Waals surface area contributed by atoms with E-state index >= 15 is 0 Å². The van der Waals surface area contributed by atoms with Gasteiger partial charge in [0, 0.05) is 5.56 Å². The van der Waals surface area contributed by atoms with Gasteiger partial charge in [0.15, 0.2) is 0 Å². The first-order chi connectivity index (χ1) is 13.7. The smallest absolute Gasteiger partial charge is 0.269 e. The first kappa shape index (κ1) is 22.1. The highest BCUT2D eigenvalue weighted by molar-refractivity contribution is 7.89. The van der Waals surface area contributed by atoms with Crippen LogP contribution in [-0.2, 0) is 19.6 Å². The van der Waals surface area contributed by atoms with Gasteiger partial charge in [0.05, 0.1) is 18.0 Å². The summed E-state index contributed by atoms with van der Waals surface area (Å²) in [6, 6.07) is 12.9. The number of carbonyl (C=O) groups is 3. The van der Waals surface area contributed by atoms with Crippen molar-refractivity contribution in [3.8, 4) is 0 Å². The average Bonchev–Trinajstić information content (AvgIpc) is 2.71. The van der Waals surface area contributed by atoms with E-state index in [-0.39, 0.29) is 4.90 Å². The monoisotopic (exact) mass is 418 g/mol. The lowest BCUT2D eigenvalue weighted by Gasteiger charge is -2.10. The molecular weight excluding hydrogens is 396 g/mol. The molecule has 0 atom stereocenters. The minimum atomic E-state index is -3.85. The maximum Gasteiger partial charge on any atom is 0.269 e. The van der Waals surface area contributed by atoms with Crippen molar-refractivity contribution in [2.45, 2.75) is 18.7 Å². The molecule has 0 aliphatic carbocycles.